The van der Waals surface area contributed by atoms with Gasteiger partial charge in [0.15, 0.2) is 0 Å². The van der Waals surface area contributed by atoms with Crippen molar-refractivity contribution in [2.45, 2.75) is 38.4 Å². The predicted molar refractivity (Wildman–Crippen MR) is 73.0 cm³/mol. The van der Waals surface area contributed by atoms with E-state index in [1.165, 1.54) is 0 Å². The highest BCUT2D eigenvalue weighted by molar-refractivity contribution is 8.01. The number of amides is 1. The van der Waals surface area contributed by atoms with Crippen LogP contribution < -0.4 is 5.32 Å². The third kappa shape index (κ3) is 8.47. The Bertz CT molecular complexity index is 330. The topological polar surface area (TPSA) is 92.7 Å². The molecule has 0 saturated heterocycles. The molecule has 0 atom stereocenters. The van der Waals surface area contributed by atoms with E-state index >= 15 is 0 Å². The lowest BCUT2D eigenvalue weighted by Gasteiger charge is -2.17. The summed E-state index contributed by atoms with van der Waals surface area (Å²) in [4.78, 5) is 33.3. The standard InChI is InChI=1S/C12H21NO5S/c1-4-18-10(15)6-5-7-13-9(14)8-19-12(2,3)11(16)17/h4-8H2,1-3H3,(H,13,14)(H,16,17). The second-order valence-electron chi connectivity index (χ2n) is 4.36. The molecule has 0 radical (unpaired) electrons. The number of hydrogen-bond acceptors (Lipinski definition) is 5. The van der Waals surface area contributed by atoms with E-state index in [0.29, 0.717) is 19.6 Å². The van der Waals surface area contributed by atoms with Crippen LogP contribution in [0.15, 0.2) is 0 Å². The summed E-state index contributed by atoms with van der Waals surface area (Å²) in [5.41, 5.74) is 0. The number of carboxylic acids is 1. The molecule has 0 aromatic rings. The molecule has 7 heteroatoms. The highest BCUT2D eigenvalue weighted by atomic mass is 32.2. The van der Waals surface area contributed by atoms with Crippen molar-refractivity contribution in [2.24, 2.45) is 0 Å². The maximum atomic E-state index is 11.4. The van der Waals surface area contributed by atoms with Gasteiger partial charge in [0.25, 0.3) is 0 Å². The quantitative estimate of drug-likeness (QED) is 0.487. The number of nitrogens with one attached hydrogen (secondary N) is 1. The van der Waals surface area contributed by atoms with Gasteiger partial charge in [-0.05, 0) is 27.2 Å². The summed E-state index contributed by atoms with van der Waals surface area (Å²) < 4.78 is 3.76. The Morgan fingerprint density at radius 1 is 1.32 bits per heavy atom. The van der Waals surface area contributed by atoms with E-state index in [-0.39, 0.29) is 24.1 Å². The van der Waals surface area contributed by atoms with Crippen LogP contribution in [0.2, 0.25) is 0 Å². The van der Waals surface area contributed by atoms with Gasteiger partial charge >= 0.3 is 11.9 Å². The fraction of sp³-hybridized carbons (Fsp3) is 0.750. The van der Waals surface area contributed by atoms with Gasteiger partial charge in [-0.15, -0.1) is 11.8 Å². The number of carbonyl (C=O) groups is 3. The third-order valence-corrected chi connectivity index (χ3v) is 3.57. The summed E-state index contributed by atoms with van der Waals surface area (Å²) in [6.45, 7) is 5.57. The van der Waals surface area contributed by atoms with Crippen LogP contribution in [0.25, 0.3) is 0 Å². The van der Waals surface area contributed by atoms with Gasteiger partial charge in [0.1, 0.15) is 4.75 Å². The zero-order valence-electron chi connectivity index (χ0n) is 11.5. The molecule has 0 bridgehead atoms. The molecular formula is C12H21NO5S. The second-order valence-corrected chi connectivity index (χ2v) is 5.96. The summed E-state index contributed by atoms with van der Waals surface area (Å²) >= 11 is 1.06. The number of thioether (sulfide) groups is 1. The van der Waals surface area contributed by atoms with Gasteiger partial charge in [-0.2, -0.15) is 0 Å². The largest absolute Gasteiger partial charge is 0.480 e. The SMILES string of the molecule is CCOC(=O)CCCNC(=O)CSC(C)(C)C(=O)O. The number of carboxylic acid groups (broad SMARTS) is 1. The van der Waals surface area contributed by atoms with Crippen LogP contribution in [-0.2, 0) is 19.1 Å². The monoisotopic (exact) mass is 291 g/mol. The molecule has 6 nitrogen and oxygen atoms in total. The maximum Gasteiger partial charge on any atom is 0.319 e. The summed E-state index contributed by atoms with van der Waals surface area (Å²) in [7, 11) is 0. The van der Waals surface area contributed by atoms with Crippen molar-refractivity contribution in [3.05, 3.63) is 0 Å². The van der Waals surface area contributed by atoms with E-state index in [0.717, 1.165) is 11.8 Å². The van der Waals surface area contributed by atoms with Crippen molar-refractivity contribution >= 4 is 29.6 Å². The molecule has 0 aliphatic rings. The Kier molecular flexibility index (Phi) is 8.22. The van der Waals surface area contributed by atoms with Gasteiger partial charge < -0.3 is 15.2 Å². The van der Waals surface area contributed by atoms with Crippen LogP contribution in [0.1, 0.15) is 33.6 Å². The van der Waals surface area contributed by atoms with Crippen molar-refractivity contribution in [3.63, 3.8) is 0 Å². The van der Waals surface area contributed by atoms with E-state index in [2.05, 4.69) is 5.32 Å². The number of rotatable bonds is 9. The molecule has 0 aromatic carbocycles. The van der Waals surface area contributed by atoms with Crippen LogP contribution in [0.3, 0.4) is 0 Å². The van der Waals surface area contributed by atoms with E-state index in [1.54, 1.807) is 20.8 Å². The van der Waals surface area contributed by atoms with Gasteiger partial charge in [-0.25, -0.2) is 0 Å². The number of aliphatic carboxylic acids is 1. The second kappa shape index (κ2) is 8.79. The number of esters is 1. The minimum Gasteiger partial charge on any atom is -0.480 e. The summed E-state index contributed by atoms with van der Waals surface area (Å²) in [6.07, 6.45) is 0.777. The molecule has 0 heterocycles. The molecule has 0 rings (SSSR count). The molecule has 0 aliphatic carbocycles. The summed E-state index contributed by atoms with van der Waals surface area (Å²) in [5.74, 6) is -1.38. The third-order valence-electron chi connectivity index (χ3n) is 2.26. The first-order valence-corrected chi connectivity index (χ1v) is 7.07. The van der Waals surface area contributed by atoms with Crippen LogP contribution in [0, 0.1) is 0 Å². The molecule has 2 N–H and O–H groups in total. The highest BCUT2D eigenvalue weighted by Crippen LogP contribution is 2.23. The average Bonchev–Trinajstić information content (AvgIpc) is 2.32. The molecule has 110 valence electrons. The molecule has 0 aliphatic heterocycles. The van der Waals surface area contributed by atoms with Crippen LogP contribution in [-0.4, -0.2) is 46.6 Å². The minimum absolute atomic E-state index is 0.0821. The van der Waals surface area contributed by atoms with Crippen molar-refractivity contribution < 1.29 is 24.2 Å². The summed E-state index contributed by atoms with van der Waals surface area (Å²) in [6, 6.07) is 0. The van der Waals surface area contributed by atoms with Crippen LogP contribution >= 0.6 is 11.8 Å². The van der Waals surface area contributed by atoms with Crippen molar-refractivity contribution in [2.75, 3.05) is 18.9 Å². The lowest BCUT2D eigenvalue weighted by molar-refractivity contribution is -0.143. The minimum atomic E-state index is -0.984. The van der Waals surface area contributed by atoms with Gasteiger partial charge in [0.05, 0.1) is 12.4 Å². The number of hydrogen-bond donors (Lipinski definition) is 2. The molecule has 19 heavy (non-hydrogen) atoms. The number of ether oxygens (including phenoxy) is 1. The Morgan fingerprint density at radius 2 is 1.95 bits per heavy atom. The Hall–Kier alpha value is -1.24. The lowest BCUT2D eigenvalue weighted by Crippen LogP contribution is -2.32. The molecule has 1 amide bonds. The fourth-order valence-corrected chi connectivity index (χ4v) is 1.77. The Balaban J connectivity index is 3.71. The first kappa shape index (κ1) is 17.8. The first-order chi connectivity index (χ1) is 8.79. The van der Waals surface area contributed by atoms with E-state index in [9.17, 15) is 14.4 Å². The fourth-order valence-electron chi connectivity index (χ4n) is 1.05. The van der Waals surface area contributed by atoms with Gasteiger partial charge in [-0.1, -0.05) is 0 Å². The predicted octanol–water partition coefficient (Wildman–Crippen LogP) is 1.04. The molecule has 0 aromatic heterocycles. The number of carbonyl (C=O) groups excluding carboxylic acids is 2. The smallest absolute Gasteiger partial charge is 0.319 e. The van der Waals surface area contributed by atoms with Crippen molar-refractivity contribution in [1.82, 2.24) is 5.32 Å². The van der Waals surface area contributed by atoms with Crippen LogP contribution in [0.4, 0.5) is 0 Å². The van der Waals surface area contributed by atoms with Gasteiger partial charge in [0, 0.05) is 13.0 Å². The lowest BCUT2D eigenvalue weighted by atomic mass is 10.2. The van der Waals surface area contributed by atoms with Gasteiger partial charge in [-0.3, -0.25) is 14.4 Å². The Morgan fingerprint density at radius 3 is 2.47 bits per heavy atom. The van der Waals surface area contributed by atoms with E-state index < -0.39 is 10.7 Å². The molecule has 0 fully saturated rings. The van der Waals surface area contributed by atoms with Crippen molar-refractivity contribution in [1.29, 1.82) is 0 Å². The zero-order chi connectivity index (χ0) is 14.9. The van der Waals surface area contributed by atoms with E-state index in [1.807, 2.05) is 0 Å². The molecule has 0 unspecified atom stereocenters. The average molecular weight is 291 g/mol. The zero-order valence-corrected chi connectivity index (χ0v) is 12.3. The van der Waals surface area contributed by atoms with Gasteiger partial charge in [0.2, 0.25) is 5.91 Å². The maximum absolute atomic E-state index is 11.4. The molecule has 0 saturated carbocycles. The first-order valence-electron chi connectivity index (χ1n) is 6.09. The Labute approximate surface area is 117 Å². The molecular weight excluding hydrogens is 270 g/mol. The highest BCUT2D eigenvalue weighted by Gasteiger charge is 2.28. The van der Waals surface area contributed by atoms with Crippen molar-refractivity contribution in [3.8, 4) is 0 Å². The van der Waals surface area contributed by atoms with E-state index in [4.69, 9.17) is 9.84 Å². The molecule has 0 spiro atoms. The summed E-state index contributed by atoms with van der Waals surface area (Å²) in [5, 5.41) is 11.5. The normalized spacial score (nSPS) is 10.9. The van der Waals surface area contributed by atoms with Crippen LogP contribution in [0.5, 0.6) is 0 Å².